The van der Waals surface area contributed by atoms with E-state index in [-0.39, 0.29) is 168 Å². The predicted molar refractivity (Wildman–Crippen MR) is 561 cm³/mol. The summed E-state index contributed by atoms with van der Waals surface area (Å²) >= 11 is 11.2. The first-order valence-corrected chi connectivity index (χ1v) is 51.1. The van der Waals surface area contributed by atoms with E-state index in [1.165, 1.54) is 36.4 Å². The van der Waals surface area contributed by atoms with Crippen LogP contribution in [-0.4, -0.2) is 218 Å². The van der Waals surface area contributed by atoms with Gasteiger partial charge in [-0.1, -0.05) is 15.9 Å². The molecule has 0 aliphatic heterocycles. The normalized spacial score (nSPS) is 14.0. The van der Waals surface area contributed by atoms with E-state index < -0.39 is 103 Å². The lowest BCUT2D eigenvalue weighted by Crippen LogP contribution is -2.34. The molecule has 0 saturated carbocycles. The SMILES string of the molecule is Cn1c(Nc2ccc(Br)cc2F)c(C(=O)NOC[C@H](O)CO)c2c1C(=O)CCC2.Cn1c(Nc2ccc(I)cc2F)c(C(=O)NOC(CO)CO)c2c1C(=O)CCC2.Cn1c(Nc2ccc(I)cc2F)c(C(=O)NOCCCO)c2c1C(=O)CCC2.Cn1c(Nc2ccc(I)cc2F)c(C(=O)NOC[C@@H](O)CCO)c2c1C(=O)CCC2.Cn1c(Nc2ccc(I)cc2F)c(C(=O)NOC[C@H](O)CCO)c2c1C(=O)CCC2. The zero-order valence-corrected chi connectivity index (χ0v) is 89.6. The van der Waals surface area contributed by atoms with E-state index in [1.807, 2.05) is 90.4 Å². The Hall–Kier alpha value is -10.3. The molecule has 15 rings (SSSR count). The molecule has 5 amide bonds. The molecule has 0 bridgehead atoms. The van der Waals surface area contributed by atoms with Crippen LogP contribution in [0, 0.1) is 43.4 Å². The van der Waals surface area contributed by atoms with Crippen LogP contribution in [0.15, 0.2) is 95.5 Å². The highest BCUT2D eigenvalue weighted by Crippen LogP contribution is 2.42. The second kappa shape index (κ2) is 54.7. The molecule has 5 aromatic carbocycles. The molecule has 3 atom stereocenters. The van der Waals surface area contributed by atoms with Crippen LogP contribution < -0.4 is 54.0 Å². The summed E-state index contributed by atoms with van der Waals surface area (Å²) in [5, 5.41) is 96.8. The van der Waals surface area contributed by atoms with E-state index in [4.69, 9.17) is 54.8 Å². The Bertz CT molecular complexity index is 6340. The van der Waals surface area contributed by atoms with Crippen LogP contribution in [-0.2, 0) is 91.5 Å². The number of fused-ring (bicyclic) bond motifs is 5. The van der Waals surface area contributed by atoms with E-state index in [2.05, 4.69) is 69.9 Å². The Morgan fingerprint density at radius 1 is 0.342 bits per heavy atom. The van der Waals surface area contributed by atoms with E-state index >= 15 is 0 Å². The number of aliphatic hydroxyl groups excluding tert-OH is 9. The summed E-state index contributed by atoms with van der Waals surface area (Å²) in [6.45, 7) is -2.49. The average molecular weight is 2550 g/mol. The van der Waals surface area contributed by atoms with E-state index in [0.29, 0.717) is 169 Å². The summed E-state index contributed by atoms with van der Waals surface area (Å²) in [7, 11) is 8.25. The molecule has 10 aromatic rings. The smallest absolute Gasteiger partial charge is 0.278 e. The summed E-state index contributed by atoms with van der Waals surface area (Å²) in [6.07, 6.45) is 4.29. The number of Topliss-reactive ketones (excluding diaryl/α,β-unsaturated/α-hetero) is 5. The number of ketones is 5. The van der Waals surface area contributed by atoms with E-state index in [0.717, 1.165) is 14.3 Å². The van der Waals surface area contributed by atoms with Crippen molar-refractivity contribution >= 4 is 222 Å². The molecule has 5 aliphatic carbocycles. The largest absolute Gasteiger partial charge is 0.396 e. The number of nitrogens with zero attached hydrogens (tertiary/aromatic N) is 5. The fraction of sp³-hybridized carbons (Fsp3) is 0.381. The van der Waals surface area contributed by atoms with Gasteiger partial charge in [0, 0.05) is 106 Å². The number of hydrogen-bond donors (Lipinski definition) is 19. The van der Waals surface area contributed by atoms with Crippen LogP contribution in [0.2, 0.25) is 0 Å². The summed E-state index contributed by atoms with van der Waals surface area (Å²) in [4.78, 5) is 152. The van der Waals surface area contributed by atoms with Crippen molar-refractivity contribution in [3.05, 3.63) is 223 Å². The minimum absolute atomic E-state index is 0.0462. The number of amides is 5. The van der Waals surface area contributed by atoms with Crippen molar-refractivity contribution in [1.82, 2.24) is 50.2 Å². The minimum Gasteiger partial charge on any atom is -0.396 e. The number of carbonyl (C=O) groups is 10. The third-order valence-electron chi connectivity index (χ3n) is 23.8. The molecule has 5 aliphatic rings. The number of hydroxylamine groups is 5. The monoisotopic (exact) mass is 2550 g/mol. The molecule has 0 radical (unpaired) electrons. The van der Waals surface area contributed by atoms with Crippen LogP contribution in [0.1, 0.15) is 216 Å². The number of rotatable bonds is 37. The third kappa shape index (κ3) is 28.8. The van der Waals surface area contributed by atoms with Gasteiger partial charge in [0.15, 0.2) is 28.9 Å². The van der Waals surface area contributed by atoms with Crippen molar-refractivity contribution in [3.63, 3.8) is 0 Å². The van der Waals surface area contributed by atoms with E-state index in [1.54, 1.807) is 113 Å². The number of halogens is 10. The first-order valence-electron chi connectivity index (χ1n) is 46.0. The molecular formula is C97H109BrF5I4N15O24. The standard InChI is InChI=1S/2C20H23FIN3O5.C19H21BrFN3O5.C19H21FIN3O5.C19H21FIN3O4/c2*1-25-18-13(3-2-4-16(18)28)17(20(29)24-30-10-12(27)7-8-26)19(25)23-15-6-5-11(22)9-14(15)21;1-24-17-12(3-2-4-15(17)27)16(19(28)23-29-9-11(26)8-25)18(24)22-14-6-5-10(20)7-13(14)21;1-24-17-12(3-2-4-15(17)27)16(19(28)23-29-11(8-25)9-26)18(24)22-14-6-5-10(21)7-13(14)20;1-24-17-12(4-2-5-15(17)26)16(19(27)23-28-9-3-8-25)18(24)22-14-7-6-11(21)10-13(14)20/h2*5-6,9,12,23,26-27H,2-4,7-8,10H2,1H3,(H,24,29);2*5-7,11,22,25-26H,2-4,8-9H2,1H3,(H,23,28);6-7,10,22,25H,2-5,8-9H2,1H3,(H,23,27)/t2*12-;11-;;/m101../s1. The van der Waals surface area contributed by atoms with Crippen molar-refractivity contribution < 1.29 is 140 Å². The highest BCUT2D eigenvalue weighted by atomic mass is 127. The summed E-state index contributed by atoms with van der Waals surface area (Å²) in [5.41, 5.74) is 18.2. The highest BCUT2D eigenvalue weighted by Gasteiger charge is 2.39. The van der Waals surface area contributed by atoms with Gasteiger partial charge in [0.25, 0.3) is 29.5 Å². The lowest BCUT2D eigenvalue weighted by molar-refractivity contribution is -0.0618. The van der Waals surface area contributed by atoms with Gasteiger partial charge in [-0.25, -0.2) is 49.4 Å². The molecule has 5 heterocycles. The number of benzene rings is 5. The summed E-state index contributed by atoms with van der Waals surface area (Å²) in [5.74, 6) is -4.44. The maximum absolute atomic E-state index is 14.4. The highest BCUT2D eigenvalue weighted by molar-refractivity contribution is 14.1. The number of aromatic nitrogens is 5. The molecule has 786 valence electrons. The maximum Gasteiger partial charge on any atom is 0.278 e. The van der Waals surface area contributed by atoms with Gasteiger partial charge in [0.2, 0.25) is 0 Å². The van der Waals surface area contributed by atoms with Gasteiger partial charge < -0.3 is 95.4 Å². The van der Waals surface area contributed by atoms with Gasteiger partial charge in [-0.15, -0.1) is 0 Å². The van der Waals surface area contributed by atoms with Gasteiger partial charge in [0.1, 0.15) is 90.2 Å². The minimum atomic E-state index is -1.14. The first-order chi connectivity index (χ1) is 69.8. The summed E-state index contributed by atoms with van der Waals surface area (Å²) in [6, 6.07) is 23.1. The quantitative estimate of drug-likeness (QED) is 0.00744. The average Bonchev–Trinajstić information content (AvgIpc) is 1.63. The Morgan fingerprint density at radius 2 is 0.589 bits per heavy atom. The molecular weight excluding hydrogens is 2440 g/mol. The second-order valence-corrected chi connectivity index (χ2v) is 39.9. The molecule has 39 nitrogen and oxygen atoms in total. The molecule has 146 heavy (non-hydrogen) atoms. The molecule has 19 N–H and O–H groups in total. The van der Waals surface area contributed by atoms with Crippen molar-refractivity contribution in [3.8, 4) is 0 Å². The van der Waals surface area contributed by atoms with Crippen molar-refractivity contribution in [2.24, 2.45) is 35.2 Å². The lowest BCUT2D eigenvalue weighted by atomic mass is 9.93. The number of nitrogens with one attached hydrogen (secondary N) is 10. The van der Waals surface area contributed by atoms with Crippen LogP contribution in [0.5, 0.6) is 0 Å². The molecule has 0 spiro atoms. The predicted octanol–water partition coefficient (Wildman–Crippen LogP) is 12.2. The molecule has 49 heteroatoms. The molecule has 0 unspecified atom stereocenters. The first kappa shape index (κ1) is 116. The lowest BCUT2D eigenvalue weighted by Gasteiger charge is -2.15. The number of carbonyl (C=O) groups excluding carboxylic acids is 10. The molecule has 0 fully saturated rings. The van der Waals surface area contributed by atoms with Crippen LogP contribution in [0.4, 0.5) is 79.5 Å². The zero-order chi connectivity index (χ0) is 106. The number of anilines is 10. The van der Waals surface area contributed by atoms with Crippen LogP contribution in [0.25, 0.3) is 0 Å². The fourth-order valence-electron chi connectivity index (χ4n) is 16.9. The number of aliphatic hydroxyl groups is 9. The fourth-order valence-corrected chi connectivity index (χ4v) is 19.0. The van der Waals surface area contributed by atoms with Crippen LogP contribution >= 0.6 is 106 Å². The second-order valence-electron chi connectivity index (χ2n) is 34.0. The molecule has 0 saturated heterocycles. The van der Waals surface area contributed by atoms with Crippen molar-refractivity contribution in [1.29, 1.82) is 0 Å². The number of hydrogen-bond acceptors (Lipinski definition) is 29. The van der Waals surface area contributed by atoms with Gasteiger partial charge in [-0.2, -0.15) is 0 Å². The Kier molecular flexibility index (Phi) is 43.5. The van der Waals surface area contributed by atoms with Gasteiger partial charge >= 0.3 is 0 Å². The van der Waals surface area contributed by atoms with Crippen molar-refractivity contribution in [2.75, 3.05) is 92.7 Å². The van der Waals surface area contributed by atoms with E-state index in [9.17, 15) is 85.2 Å². The Morgan fingerprint density at radius 3 is 0.829 bits per heavy atom. The topological polar surface area (TPSA) is 544 Å². The zero-order valence-electron chi connectivity index (χ0n) is 79.4. The van der Waals surface area contributed by atoms with Gasteiger partial charge in [-0.05, 0) is 293 Å². The summed E-state index contributed by atoms with van der Waals surface area (Å²) < 4.78 is 83.2. The van der Waals surface area contributed by atoms with Gasteiger partial charge in [-0.3, -0.25) is 72.1 Å². The van der Waals surface area contributed by atoms with Crippen LogP contribution in [0.3, 0.4) is 0 Å². The Balaban J connectivity index is 0.000000174. The Labute approximate surface area is 896 Å². The third-order valence-corrected chi connectivity index (χ3v) is 26.9. The van der Waals surface area contributed by atoms with Gasteiger partial charge in [0.05, 0.1) is 123 Å². The molecule has 5 aromatic heterocycles. The maximum atomic E-state index is 14.4. The van der Waals surface area contributed by atoms with Crippen molar-refractivity contribution in [2.45, 2.75) is 140 Å².